The Kier molecular flexibility index (Phi) is 5.90. The molecule has 3 nitrogen and oxygen atoms in total. The van der Waals surface area contributed by atoms with Gasteiger partial charge in [0.1, 0.15) is 0 Å². The van der Waals surface area contributed by atoms with E-state index in [0.717, 1.165) is 25.0 Å². The topological polar surface area (TPSA) is 29.9 Å². The molecule has 0 spiro atoms. The third-order valence-corrected chi connectivity index (χ3v) is 4.38. The van der Waals surface area contributed by atoms with E-state index in [1.54, 1.807) is 0 Å². The molecule has 0 amide bonds. The summed E-state index contributed by atoms with van der Waals surface area (Å²) in [6.07, 6.45) is 14.2. The number of nitrogens with zero attached hydrogens (tertiary/aromatic N) is 2. The lowest BCUT2D eigenvalue weighted by molar-refractivity contribution is 0.268. The van der Waals surface area contributed by atoms with Gasteiger partial charge in [0.05, 0.1) is 6.33 Å². The first-order valence-electron chi connectivity index (χ1n) is 7.97. The standard InChI is InChI=1S/C16H29N3/c1-3-4-15-5-7-16(8-6-15)18-11-14(2)12-19-10-9-17-13-19/h9-10,13-16,18H,3-8,11-12H2,1-2H3. The summed E-state index contributed by atoms with van der Waals surface area (Å²) in [7, 11) is 0. The quantitative estimate of drug-likeness (QED) is 0.816. The van der Waals surface area contributed by atoms with Gasteiger partial charge in [0, 0.05) is 25.0 Å². The minimum atomic E-state index is 0.669. The third-order valence-electron chi connectivity index (χ3n) is 4.38. The molecule has 1 heterocycles. The first kappa shape index (κ1) is 14.6. The fourth-order valence-electron chi connectivity index (χ4n) is 3.25. The Morgan fingerprint density at radius 3 is 2.74 bits per heavy atom. The highest BCUT2D eigenvalue weighted by Gasteiger charge is 2.20. The Balaban J connectivity index is 1.61. The molecule has 2 rings (SSSR count). The van der Waals surface area contributed by atoms with Crippen LogP contribution in [-0.4, -0.2) is 22.1 Å². The number of hydrogen-bond acceptors (Lipinski definition) is 2. The van der Waals surface area contributed by atoms with Crippen LogP contribution in [0.15, 0.2) is 18.7 Å². The van der Waals surface area contributed by atoms with E-state index < -0.39 is 0 Å². The van der Waals surface area contributed by atoms with Crippen molar-refractivity contribution in [2.45, 2.75) is 65.0 Å². The largest absolute Gasteiger partial charge is 0.337 e. The van der Waals surface area contributed by atoms with Gasteiger partial charge in [-0.05, 0) is 44.1 Å². The van der Waals surface area contributed by atoms with Crippen LogP contribution in [0, 0.1) is 11.8 Å². The van der Waals surface area contributed by atoms with Crippen LogP contribution in [0.3, 0.4) is 0 Å². The molecular weight excluding hydrogens is 234 g/mol. The lowest BCUT2D eigenvalue weighted by Crippen LogP contribution is -2.36. The summed E-state index contributed by atoms with van der Waals surface area (Å²) < 4.78 is 2.17. The van der Waals surface area contributed by atoms with Crippen molar-refractivity contribution in [3.63, 3.8) is 0 Å². The lowest BCUT2D eigenvalue weighted by Gasteiger charge is -2.30. The molecule has 0 saturated heterocycles. The molecule has 1 aliphatic carbocycles. The van der Waals surface area contributed by atoms with Crippen molar-refractivity contribution in [2.75, 3.05) is 6.54 Å². The summed E-state index contributed by atoms with van der Waals surface area (Å²) >= 11 is 0. The number of hydrogen-bond donors (Lipinski definition) is 1. The Labute approximate surface area is 117 Å². The molecule has 3 heteroatoms. The summed E-state index contributed by atoms with van der Waals surface area (Å²) in [5.74, 6) is 1.67. The fraction of sp³-hybridized carbons (Fsp3) is 0.812. The minimum absolute atomic E-state index is 0.669. The monoisotopic (exact) mass is 263 g/mol. The zero-order chi connectivity index (χ0) is 13.5. The average Bonchev–Trinajstić information content (AvgIpc) is 2.91. The summed E-state index contributed by atoms with van der Waals surface area (Å²) in [6.45, 7) is 6.82. The molecule has 1 fully saturated rings. The Morgan fingerprint density at radius 2 is 2.11 bits per heavy atom. The summed E-state index contributed by atoms with van der Waals surface area (Å²) in [5, 5.41) is 3.76. The van der Waals surface area contributed by atoms with E-state index >= 15 is 0 Å². The van der Waals surface area contributed by atoms with Gasteiger partial charge in [0.15, 0.2) is 0 Å². The molecule has 108 valence electrons. The van der Waals surface area contributed by atoms with Gasteiger partial charge in [-0.2, -0.15) is 0 Å². The van der Waals surface area contributed by atoms with Crippen molar-refractivity contribution >= 4 is 0 Å². The maximum atomic E-state index is 4.09. The fourth-order valence-corrected chi connectivity index (χ4v) is 3.25. The van der Waals surface area contributed by atoms with Crippen LogP contribution in [-0.2, 0) is 6.54 Å². The van der Waals surface area contributed by atoms with Crippen molar-refractivity contribution in [3.8, 4) is 0 Å². The van der Waals surface area contributed by atoms with E-state index in [0.29, 0.717) is 5.92 Å². The highest BCUT2D eigenvalue weighted by Crippen LogP contribution is 2.27. The van der Waals surface area contributed by atoms with Crippen molar-refractivity contribution in [1.82, 2.24) is 14.9 Å². The lowest BCUT2D eigenvalue weighted by atomic mass is 9.83. The second-order valence-corrected chi connectivity index (χ2v) is 6.28. The van der Waals surface area contributed by atoms with Crippen LogP contribution < -0.4 is 5.32 Å². The minimum Gasteiger partial charge on any atom is -0.337 e. The molecule has 0 bridgehead atoms. The highest BCUT2D eigenvalue weighted by molar-refractivity contribution is 4.79. The Morgan fingerprint density at radius 1 is 1.32 bits per heavy atom. The van der Waals surface area contributed by atoms with Gasteiger partial charge in [-0.3, -0.25) is 0 Å². The number of aromatic nitrogens is 2. The molecule has 1 aliphatic rings. The van der Waals surface area contributed by atoms with Crippen LogP contribution in [0.25, 0.3) is 0 Å². The molecule has 1 aromatic rings. The predicted octanol–water partition coefficient (Wildman–Crippen LogP) is 3.47. The summed E-state index contributed by atoms with van der Waals surface area (Å²) in [6, 6.07) is 0.762. The zero-order valence-corrected chi connectivity index (χ0v) is 12.5. The van der Waals surface area contributed by atoms with Gasteiger partial charge in [-0.1, -0.05) is 26.7 Å². The zero-order valence-electron chi connectivity index (χ0n) is 12.5. The molecule has 19 heavy (non-hydrogen) atoms. The summed E-state index contributed by atoms with van der Waals surface area (Å²) in [5.41, 5.74) is 0. The predicted molar refractivity (Wildman–Crippen MR) is 80.0 cm³/mol. The maximum absolute atomic E-state index is 4.09. The van der Waals surface area contributed by atoms with E-state index in [-0.39, 0.29) is 0 Å². The normalized spacial score (nSPS) is 25.4. The van der Waals surface area contributed by atoms with Gasteiger partial charge in [-0.15, -0.1) is 0 Å². The molecule has 0 aliphatic heterocycles. The second-order valence-electron chi connectivity index (χ2n) is 6.28. The Hall–Kier alpha value is -0.830. The van der Waals surface area contributed by atoms with Crippen molar-refractivity contribution < 1.29 is 0 Å². The molecule has 1 atom stereocenters. The molecule has 1 saturated carbocycles. The molecular formula is C16H29N3. The number of nitrogens with one attached hydrogen (secondary N) is 1. The summed E-state index contributed by atoms with van der Waals surface area (Å²) in [4.78, 5) is 4.09. The van der Waals surface area contributed by atoms with Crippen molar-refractivity contribution in [3.05, 3.63) is 18.7 Å². The first-order valence-corrected chi connectivity index (χ1v) is 7.97. The van der Waals surface area contributed by atoms with Gasteiger partial charge in [0.2, 0.25) is 0 Å². The van der Waals surface area contributed by atoms with Gasteiger partial charge in [0.25, 0.3) is 0 Å². The van der Waals surface area contributed by atoms with E-state index in [9.17, 15) is 0 Å². The highest BCUT2D eigenvalue weighted by atomic mass is 15.0. The van der Waals surface area contributed by atoms with Crippen LogP contribution in [0.2, 0.25) is 0 Å². The average molecular weight is 263 g/mol. The van der Waals surface area contributed by atoms with Gasteiger partial charge < -0.3 is 9.88 Å². The van der Waals surface area contributed by atoms with E-state index in [1.165, 1.54) is 38.5 Å². The molecule has 0 radical (unpaired) electrons. The van der Waals surface area contributed by atoms with Gasteiger partial charge >= 0.3 is 0 Å². The van der Waals surface area contributed by atoms with Crippen LogP contribution in [0.4, 0.5) is 0 Å². The first-order chi connectivity index (χ1) is 9.28. The maximum Gasteiger partial charge on any atom is 0.0946 e. The number of rotatable bonds is 7. The third kappa shape index (κ3) is 4.98. The Bertz CT molecular complexity index is 326. The van der Waals surface area contributed by atoms with E-state index in [2.05, 4.69) is 28.7 Å². The number of imidazole rings is 1. The van der Waals surface area contributed by atoms with E-state index in [4.69, 9.17) is 0 Å². The van der Waals surface area contributed by atoms with Crippen LogP contribution in [0.5, 0.6) is 0 Å². The van der Waals surface area contributed by atoms with Crippen LogP contribution >= 0.6 is 0 Å². The van der Waals surface area contributed by atoms with Crippen molar-refractivity contribution in [2.24, 2.45) is 11.8 Å². The molecule has 0 aromatic carbocycles. The SMILES string of the molecule is CCCC1CCC(NCC(C)Cn2ccnc2)CC1. The van der Waals surface area contributed by atoms with E-state index in [1.807, 2.05) is 18.7 Å². The van der Waals surface area contributed by atoms with Gasteiger partial charge in [-0.25, -0.2) is 4.98 Å². The van der Waals surface area contributed by atoms with Crippen LogP contribution in [0.1, 0.15) is 52.4 Å². The molecule has 1 N–H and O–H groups in total. The molecule has 1 aromatic heterocycles. The smallest absolute Gasteiger partial charge is 0.0946 e. The molecule has 1 unspecified atom stereocenters. The van der Waals surface area contributed by atoms with Crippen molar-refractivity contribution in [1.29, 1.82) is 0 Å². The second kappa shape index (κ2) is 7.68.